The lowest BCUT2D eigenvalue weighted by molar-refractivity contribution is -0.118. The molecule has 0 fully saturated rings. The standard InChI is InChI=1S/C11H14N4O2/c1-7(16)13-5-6-14-11-15-10-8(12)3-2-4-9(10)17-11/h2-4H,5-6,12H2,1H3,(H,13,16)(H,14,15). The van der Waals surface area contributed by atoms with E-state index in [2.05, 4.69) is 15.6 Å². The van der Waals surface area contributed by atoms with Crippen molar-refractivity contribution in [3.63, 3.8) is 0 Å². The number of oxazole rings is 1. The summed E-state index contributed by atoms with van der Waals surface area (Å²) in [5.41, 5.74) is 7.63. The van der Waals surface area contributed by atoms with Crippen LogP contribution in [0.5, 0.6) is 0 Å². The molecular weight excluding hydrogens is 220 g/mol. The summed E-state index contributed by atoms with van der Waals surface area (Å²) in [7, 11) is 0. The Morgan fingerprint density at radius 1 is 1.47 bits per heavy atom. The lowest BCUT2D eigenvalue weighted by atomic mass is 10.3. The Morgan fingerprint density at radius 2 is 2.29 bits per heavy atom. The van der Waals surface area contributed by atoms with Gasteiger partial charge in [-0.2, -0.15) is 4.98 Å². The number of rotatable bonds is 4. The molecule has 4 N–H and O–H groups in total. The van der Waals surface area contributed by atoms with Gasteiger partial charge < -0.3 is 20.8 Å². The van der Waals surface area contributed by atoms with E-state index in [0.29, 0.717) is 35.9 Å². The van der Waals surface area contributed by atoms with Crippen molar-refractivity contribution in [2.24, 2.45) is 0 Å². The monoisotopic (exact) mass is 234 g/mol. The lowest BCUT2D eigenvalue weighted by Crippen LogP contribution is -2.26. The van der Waals surface area contributed by atoms with Crippen LogP contribution < -0.4 is 16.4 Å². The van der Waals surface area contributed by atoms with E-state index in [1.165, 1.54) is 6.92 Å². The molecule has 0 spiro atoms. The number of aromatic nitrogens is 1. The van der Waals surface area contributed by atoms with Crippen molar-refractivity contribution in [2.45, 2.75) is 6.92 Å². The topological polar surface area (TPSA) is 93.2 Å². The zero-order valence-electron chi connectivity index (χ0n) is 9.49. The highest BCUT2D eigenvalue weighted by Gasteiger charge is 2.06. The summed E-state index contributed by atoms with van der Waals surface area (Å²) < 4.78 is 5.44. The number of benzene rings is 1. The van der Waals surface area contributed by atoms with Crippen molar-refractivity contribution in [3.05, 3.63) is 18.2 Å². The van der Waals surface area contributed by atoms with Crippen LogP contribution in [0, 0.1) is 0 Å². The second-order valence-corrected chi connectivity index (χ2v) is 3.62. The summed E-state index contributed by atoms with van der Waals surface area (Å²) in [6, 6.07) is 5.79. The average molecular weight is 234 g/mol. The van der Waals surface area contributed by atoms with E-state index < -0.39 is 0 Å². The van der Waals surface area contributed by atoms with Crippen LogP contribution in [0.25, 0.3) is 11.1 Å². The molecule has 1 amide bonds. The Labute approximate surface area is 98.2 Å². The Balaban J connectivity index is 2.00. The Hall–Kier alpha value is -2.24. The molecule has 1 aromatic heterocycles. The number of fused-ring (bicyclic) bond motifs is 1. The quantitative estimate of drug-likeness (QED) is 0.541. The highest BCUT2D eigenvalue weighted by Crippen LogP contribution is 2.23. The van der Waals surface area contributed by atoms with E-state index in [4.69, 9.17) is 10.2 Å². The minimum absolute atomic E-state index is 0.0615. The number of carbonyl (C=O) groups excluding carboxylic acids is 1. The number of nitrogens with two attached hydrogens (primary N) is 1. The fourth-order valence-corrected chi connectivity index (χ4v) is 1.45. The molecule has 1 aromatic carbocycles. The normalized spacial score (nSPS) is 10.4. The van der Waals surface area contributed by atoms with Gasteiger partial charge in [0, 0.05) is 20.0 Å². The number of nitrogens with zero attached hydrogens (tertiary/aromatic N) is 1. The van der Waals surface area contributed by atoms with Gasteiger partial charge in [0.15, 0.2) is 5.58 Å². The number of nitrogens with one attached hydrogen (secondary N) is 2. The number of hydrogen-bond acceptors (Lipinski definition) is 5. The van der Waals surface area contributed by atoms with Crippen molar-refractivity contribution < 1.29 is 9.21 Å². The smallest absolute Gasteiger partial charge is 0.295 e. The molecule has 0 atom stereocenters. The van der Waals surface area contributed by atoms with E-state index in [0.717, 1.165) is 0 Å². The highest BCUT2D eigenvalue weighted by atomic mass is 16.4. The maximum atomic E-state index is 10.6. The van der Waals surface area contributed by atoms with Crippen LogP contribution in [-0.4, -0.2) is 24.0 Å². The predicted molar refractivity (Wildman–Crippen MR) is 65.6 cm³/mol. The molecule has 90 valence electrons. The van der Waals surface area contributed by atoms with Gasteiger partial charge in [-0.3, -0.25) is 4.79 Å². The summed E-state index contributed by atoms with van der Waals surface area (Å²) in [4.78, 5) is 14.9. The predicted octanol–water partition coefficient (Wildman–Crippen LogP) is 0.958. The molecule has 0 aliphatic carbocycles. The molecule has 2 aromatic rings. The number of carbonyl (C=O) groups is 1. The lowest BCUT2D eigenvalue weighted by Gasteiger charge is -2.01. The zero-order chi connectivity index (χ0) is 12.3. The number of amides is 1. The first-order valence-corrected chi connectivity index (χ1v) is 5.30. The maximum absolute atomic E-state index is 10.6. The molecule has 1 heterocycles. The molecule has 0 saturated heterocycles. The Kier molecular flexibility index (Phi) is 3.13. The second-order valence-electron chi connectivity index (χ2n) is 3.62. The minimum atomic E-state index is -0.0615. The van der Waals surface area contributed by atoms with Crippen LogP contribution in [0.1, 0.15) is 6.92 Å². The molecule has 2 rings (SSSR count). The molecule has 0 radical (unpaired) electrons. The third-order valence-corrected chi connectivity index (χ3v) is 2.23. The number of para-hydroxylation sites is 1. The Bertz CT molecular complexity index is 535. The van der Waals surface area contributed by atoms with Crippen LogP contribution in [-0.2, 0) is 4.79 Å². The van der Waals surface area contributed by atoms with Gasteiger partial charge in [0.1, 0.15) is 5.52 Å². The second kappa shape index (κ2) is 4.73. The summed E-state index contributed by atoms with van der Waals surface area (Å²) in [6.07, 6.45) is 0. The van der Waals surface area contributed by atoms with Gasteiger partial charge in [-0.25, -0.2) is 0 Å². The molecule has 0 aliphatic heterocycles. The van der Waals surface area contributed by atoms with Crippen LogP contribution in [0.3, 0.4) is 0 Å². The molecule has 0 unspecified atom stereocenters. The minimum Gasteiger partial charge on any atom is -0.423 e. The van der Waals surface area contributed by atoms with Gasteiger partial charge in [-0.15, -0.1) is 0 Å². The fraction of sp³-hybridized carbons (Fsp3) is 0.273. The number of nitrogen functional groups attached to an aromatic ring is 1. The van der Waals surface area contributed by atoms with E-state index in [1.807, 2.05) is 6.07 Å². The van der Waals surface area contributed by atoms with Crippen LogP contribution in [0.4, 0.5) is 11.7 Å². The first kappa shape index (κ1) is 11.3. The van der Waals surface area contributed by atoms with Gasteiger partial charge in [-0.05, 0) is 12.1 Å². The van der Waals surface area contributed by atoms with Crippen LogP contribution in [0.2, 0.25) is 0 Å². The summed E-state index contributed by atoms with van der Waals surface area (Å²) in [5.74, 6) is -0.0615. The van der Waals surface area contributed by atoms with E-state index >= 15 is 0 Å². The molecule has 6 heteroatoms. The van der Waals surface area contributed by atoms with Gasteiger partial charge in [-0.1, -0.05) is 6.07 Å². The molecule has 0 saturated carbocycles. The molecule has 0 aliphatic rings. The summed E-state index contributed by atoms with van der Waals surface area (Å²) >= 11 is 0. The van der Waals surface area contributed by atoms with Crippen molar-refractivity contribution >= 4 is 28.7 Å². The van der Waals surface area contributed by atoms with Crippen molar-refractivity contribution in [1.29, 1.82) is 0 Å². The first-order valence-electron chi connectivity index (χ1n) is 5.30. The van der Waals surface area contributed by atoms with Gasteiger partial charge in [0.2, 0.25) is 5.91 Å². The van der Waals surface area contributed by atoms with Gasteiger partial charge in [0.05, 0.1) is 5.69 Å². The van der Waals surface area contributed by atoms with E-state index in [-0.39, 0.29) is 5.91 Å². The van der Waals surface area contributed by atoms with Gasteiger partial charge in [0.25, 0.3) is 6.01 Å². The average Bonchev–Trinajstić information content (AvgIpc) is 2.69. The number of hydrogen-bond donors (Lipinski definition) is 3. The van der Waals surface area contributed by atoms with Crippen molar-refractivity contribution in [1.82, 2.24) is 10.3 Å². The van der Waals surface area contributed by atoms with Crippen LogP contribution in [0.15, 0.2) is 22.6 Å². The van der Waals surface area contributed by atoms with Crippen molar-refractivity contribution in [3.8, 4) is 0 Å². The van der Waals surface area contributed by atoms with E-state index in [1.54, 1.807) is 12.1 Å². The first-order chi connectivity index (χ1) is 8.16. The van der Waals surface area contributed by atoms with E-state index in [9.17, 15) is 4.79 Å². The summed E-state index contributed by atoms with van der Waals surface area (Å²) in [6.45, 7) is 2.54. The third-order valence-electron chi connectivity index (χ3n) is 2.23. The molecular formula is C11H14N4O2. The maximum Gasteiger partial charge on any atom is 0.295 e. The fourth-order valence-electron chi connectivity index (χ4n) is 1.45. The SMILES string of the molecule is CC(=O)NCCNc1nc2c(N)cccc2o1. The highest BCUT2D eigenvalue weighted by molar-refractivity contribution is 5.86. The molecule has 17 heavy (non-hydrogen) atoms. The summed E-state index contributed by atoms with van der Waals surface area (Å²) in [5, 5.41) is 5.63. The largest absolute Gasteiger partial charge is 0.423 e. The van der Waals surface area contributed by atoms with Crippen molar-refractivity contribution in [2.75, 3.05) is 24.1 Å². The molecule has 6 nitrogen and oxygen atoms in total. The number of anilines is 2. The third kappa shape index (κ3) is 2.66. The molecule has 0 bridgehead atoms. The van der Waals surface area contributed by atoms with Gasteiger partial charge >= 0.3 is 0 Å². The van der Waals surface area contributed by atoms with Crippen LogP contribution >= 0.6 is 0 Å². The zero-order valence-corrected chi connectivity index (χ0v) is 9.49. The Morgan fingerprint density at radius 3 is 3.00 bits per heavy atom.